The first-order valence-electron chi connectivity index (χ1n) is 5.44. The van der Waals surface area contributed by atoms with Crippen molar-refractivity contribution in [1.29, 1.82) is 0 Å². The fraction of sp³-hybridized carbons (Fsp3) is 0.417. The van der Waals surface area contributed by atoms with Crippen LogP contribution in [0.3, 0.4) is 0 Å². The topological polar surface area (TPSA) is 47.6 Å². The summed E-state index contributed by atoms with van der Waals surface area (Å²) in [5.74, 6) is -0.685. The average Bonchev–Trinajstić information content (AvgIpc) is 2.38. The highest BCUT2D eigenvalue weighted by Gasteiger charge is 2.11. The fourth-order valence-electron chi connectivity index (χ4n) is 1.30. The van der Waals surface area contributed by atoms with E-state index in [-0.39, 0.29) is 5.56 Å². The molecule has 0 spiro atoms. The number of rotatable bonds is 7. The normalized spacial score (nSPS) is 10.2. The molecule has 0 fully saturated rings. The molecular weight excluding hydrogens is 305 g/mol. The zero-order valence-corrected chi connectivity index (χ0v) is 11.6. The lowest BCUT2D eigenvalue weighted by molar-refractivity contribution is 0.0920. The Balaban J connectivity index is 2.46. The predicted octanol–water partition coefficient (Wildman–Crippen LogP) is 1.98. The van der Waals surface area contributed by atoms with Crippen molar-refractivity contribution in [2.24, 2.45) is 0 Å². The lowest BCUT2D eigenvalue weighted by atomic mass is 10.2. The van der Waals surface area contributed by atoms with Gasteiger partial charge in [0.1, 0.15) is 11.6 Å². The molecule has 1 N–H and O–H groups in total. The zero-order valence-electron chi connectivity index (χ0n) is 10.0. The van der Waals surface area contributed by atoms with Crippen molar-refractivity contribution in [3.63, 3.8) is 0 Å². The molecule has 0 unspecified atom stereocenters. The number of hydrogen-bond acceptors (Lipinski definition) is 3. The molecule has 6 heteroatoms. The number of halogens is 2. The summed E-state index contributed by atoms with van der Waals surface area (Å²) < 4.78 is 23.6. The molecule has 18 heavy (non-hydrogen) atoms. The first kappa shape index (κ1) is 14.9. The Morgan fingerprint density at radius 3 is 2.83 bits per heavy atom. The molecule has 0 saturated carbocycles. The number of ether oxygens (including phenoxy) is 2. The van der Waals surface area contributed by atoms with Crippen LogP contribution in [0.15, 0.2) is 18.2 Å². The van der Waals surface area contributed by atoms with E-state index in [4.69, 9.17) is 9.47 Å². The molecule has 4 nitrogen and oxygen atoms in total. The van der Waals surface area contributed by atoms with Crippen molar-refractivity contribution in [3.8, 4) is 5.75 Å². The fourth-order valence-corrected chi connectivity index (χ4v) is 1.52. The van der Waals surface area contributed by atoms with Crippen LogP contribution in [0.5, 0.6) is 5.75 Å². The summed E-state index contributed by atoms with van der Waals surface area (Å²) >= 11 is 3.22. The third-order valence-electron chi connectivity index (χ3n) is 2.17. The number of carbonyl (C=O) groups is 1. The molecule has 0 aromatic heterocycles. The molecule has 1 aromatic carbocycles. The van der Waals surface area contributed by atoms with Gasteiger partial charge in [-0.25, -0.2) is 4.39 Å². The third-order valence-corrected chi connectivity index (χ3v) is 2.50. The van der Waals surface area contributed by atoms with Crippen molar-refractivity contribution in [2.45, 2.75) is 0 Å². The summed E-state index contributed by atoms with van der Waals surface area (Å²) in [4.78, 5) is 11.6. The zero-order chi connectivity index (χ0) is 13.4. The van der Waals surface area contributed by atoms with Crippen LogP contribution in [0.2, 0.25) is 0 Å². The van der Waals surface area contributed by atoms with Crippen LogP contribution in [0.4, 0.5) is 4.39 Å². The van der Waals surface area contributed by atoms with Crippen LogP contribution in [0.25, 0.3) is 0 Å². The van der Waals surface area contributed by atoms with E-state index < -0.39 is 11.7 Å². The maximum atomic E-state index is 13.5. The Kier molecular flexibility index (Phi) is 6.67. The van der Waals surface area contributed by atoms with E-state index in [1.807, 2.05) is 0 Å². The van der Waals surface area contributed by atoms with E-state index in [9.17, 15) is 9.18 Å². The number of alkyl halides is 1. The SMILES string of the molecule is COc1ccc(C(=O)NCCOCCBr)c(F)c1. The molecule has 0 aliphatic carbocycles. The molecular formula is C12H15BrFNO3. The summed E-state index contributed by atoms with van der Waals surface area (Å²) in [5.41, 5.74) is -0.00343. The van der Waals surface area contributed by atoms with Gasteiger partial charge in [-0.1, -0.05) is 15.9 Å². The summed E-state index contributed by atoms with van der Waals surface area (Å²) in [5, 5.41) is 3.32. The van der Waals surface area contributed by atoms with E-state index in [2.05, 4.69) is 21.2 Å². The quantitative estimate of drug-likeness (QED) is 0.617. The Morgan fingerprint density at radius 1 is 1.44 bits per heavy atom. The minimum absolute atomic E-state index is 0.00343. The van der Waals surface area contributed by atoms with Crippen LogP contribution in [-0.2, 0) is 4.74 Å². The van der Waals surface area contributed by atoms with Crippen molar-refractivity contribution in [1.82, 2.24) is 5.32 Å². The van der Waals surface area contributed by atoms with Gasteiger partial charge in [-0.2, -0.15) is 0 Å². The molecule has 1 amide bonds. The smallest absolute Gasteiger partial charge is 0.254 e. The maximum absolute atomic E-state index is 13.5. The predicted molar refractivity (Wildman–Crippen MR) is 69.9 cm³/mol. The van der Waals surface area contributed by atoms with Gasteiger partial charge in [-0.15, -0.1) is 0 Å². The highest BCUT2D eigenvalue weighted by molar-refractivity contribution is 9.09. The van der Waals surface area contributed by atoms with Gasteiger partial charge in [-0.05, 0) is 12.1 Å². The van der Waals surface area contributed by atoms with Crippen LogP contribution in [0, 0.1) is 5.82 Å². The highest BCUT2D eigenvalue weighted by Crippen LogP contribution is 2.15. The molecule has 0 aliphatic heterocycles. The van der Waals surface area contributed by atoms with Crippen LogP contribution < -0.4 is 10.1 Å². The first-order valence-corrected chi connectivity index (χ1v) is 6.56. The maximum Gasteiger partial charge on any atom is 0.254 e. The number of amides is 1. The second-order valence-corrected chi connectivity index (χ2v) is 4.20. The number of methoxy groups -OCH3 is 1. The van der Waals surface area contributed by atoms with Crippen molar-refractivity contribution in [3.05, 3.63) is 29.6 Å². The summed E-state index contributed by atoms with van der Waals surface area (Å²) in [7, 11) is 1.44. The van der Waals surface area contributed by atoms with Gasteiger partial charge in [0.05, 0.1) is 25.9 Å². The second-order valence-electron chi connectivity index (χ2n) is 3.40. The van der Waals surface area contributed by atoms with E-state index >= 15 is 0 Å². The van der Waals surface area contributed by atoms with Gasteiger partial charge < -0.3 is 14.8 Å². The van der Waals surface area contributed by atoms with E-state index in [0.29, 0.717) is 25.5 Å². The Labute approximate surface area is 114 Å². The van der Waals surface area contributed by atoms with Gasteiger partial charge >= 0.3 is 0 Å². The van der Waals surface area contributed by atoms with Crippen molar-refractivity contribution >= 4 is 21.8 Å². The third kappa shape index (κ3) is 4.62. The molecule has 1 rings (SSSR count). The van der Waals surface area contributed by atoms with E-state index in [1.54, 1.807) is 6.07 Å². The standard InChI is InChI=1S/C12H15BrFNO3/c1-17-9-2-3-10(11(14)8-9)12(16)15-5-7-18-6-4-13/h2-3,8H,4-7H2,1H3,(H,15,16). The van der Waals surface area contributed by atoms with Gasteiger partial charge in [0.25, 0.3) is 5.91 Å². The molecule has 0 aliphatic rings. The largest absolute Gasteiger partial charge is 0.497 e. The average molecular weight is 320 g/mol. The molecule has 1 aromatic rings. The number of carbonyl (C=O) groups excluding carboxylic acids is 1. The Bertz CT molecular complexity index is 401. The molecule has 0 atom stereocenters. The minimum Gasteiger partial charge on any atom is -0.497 e. The lowest BCUT2D eigenvalue weighted by Gasteiger charge is -2.07. The van der Waals surface area contributed by atoms with Crippen molar-refractivity contribution in [2.75, 3.05) is 32.2 Å². The van der Waals surface area contributed by atoms with Gasteiger partial charge in [0, 0.05) is 17.9 Å². The van der Waals surface area contributed by atoms with Gasteiger partial charge in [-0.3, -0.25) is 4.79 Å². The molecule has 0 saturated heterocycles. The van der Waals surface area contributed by atoms with Crippen LogP contribution in [0.1, 0.15) is 10.4 Å². The summed E-state index contributed by atoms with van der Waals surface area (Å²) in [6, 6.07) is 4.11. The first-order chi connectivity index (χ1) is 8.69. The molecule has 0 heterocycles. The molecule has 100 valence electrons. The number of hydrogen-bond donors (Lipinski definition) is 1. The van der Waals surface area contributed by atoms with Crippen LogP contribution >= 0.6 is 15.9 Å². The minimum atomic E-state index is -0.603. The van der Waals surface area contributed by atoms with Crippen molar-refractivity contribution < 1.29 is 18.7 Å². The summed E-state index contributed by atoms with van der Waals surface area (Å²) in [6.07, 6.45) is 0. The van der Waals surface area contributed by atoms with E-state index in [1.165, 1.54) is 19.2 Å². The number of nitrogens with one attached hydrogen (secondary N) is 1. The molecule has 0 radical (unpaired) electrons. The Morgan fingerprint density at radius 2 is 2.22 bits per heavy atom. The van der Waals surface area contributed by atoms with Gasteiger partial charge in [0.2, 0.25) is 0 Å². The summed E-state index contributed by atoms with van der Waals surface area (Å²) in [6.45, 7) is 1.32. The second kappa shape index (κ2) is 8.05. The monoisotopic (exact) mass is 319 g/mol. The van der Waals surface area contributed by atoms with E-state index in [0.717, 1.165) is 5.33 Å². The van der Waals surface area contributed by atoms with Crippen LogP contribution in [-0.4, -0.2) is 38.1 Å². The highest BCUT2D eigenvalue weighted by atomic mass is 79.9. The number of benzene rings is 1. The Hall–Kier alpha value is -1.14. The van der Waals surface area contributed by atoms with Gasteiger partial charge in [0.15, 0.2) is 0 Å². The molecule has 0 bridgehead atoms. The lowest BCUT2D eigenvalue weighted by Crippen LogP contribution is -2.28.